The van der Waals surface area contributed by atoms with Gasteiger partial charge in [0, 0.05) is 44.0 Å². The molecule has 3 heterocycles. The molecule has 144 valence electrons. The third-order valence-electron chi connectivity index (χ3n) is 4.85. The highest BCUT2D eigenvalue weighted by Crippen LogP contribution is 2.19. The molecule has 1 fully saturated rings. The van der Waals surface area contributed by atoms with Crippen molar-refractivity contribution < 1.29 is 9.53 Å². The zero-order valence-corrected chi connectivity index (χ0v) is 15.9. The summed E-state index contributed by atoms with van der Waals surface area (Å²) in [4.78, 5) is 25.3. The number of anilines is 1. The second kappa shape index (κ2) is 7.67. The monoisotopic (exact) mass is 378 g/mol. The van der Waals surface area contributed by atoms with Crippen molar-refractivity contribution in [2.45, 2.75) is 6.92 Å². The van der Waals surface area contributed by atoms with Gasteiger partial charge in [-0.3, -0.25) is 4.79 Å². The van der Waals surface area contributed by atoms with Crippen molar-refractivity contribution in [1.82, 2.24) is 24.6 Å². The number of carbonyl (C=O) groups is 1. The van der Waals surface area contributed by atoms with Crippen molar-refractivity contribution >= 4 is 11.7 Å². The minimum absolute atomic E-state index is 0.0351. The lowest BCUT2D eigenvalue weighted by atomic mass is 10.2. The van der Waals surface area contributed by atoms with E-state index in [9.17, 15) is 4.79 Å². The molecule has 0 saturated carbocycles. The van der Waals surface area contributed by atoms with Gasteiger partial charge in [-0.1, -0.05) is 18.2 Å². The number of rotatable bonds is 4. The number of para-hydroxylation sites is 1. The summed E-state index contributed by atoms with van der Waals surface area (Å²) in [6, 6.07) is 11.6. The number of ether oxygens (including phenoxy) is 1. The quantitative estimate of drug-likeness (QED) is 0.691. The van der Waals surface area contributed by atoms with Crippen molar-refractivity contribution in [1.29, 1.82) is 0 Å². The molecule has 2 aromatic heterocycles. The van der Waals surface area contributed by atoms with Crippen LogP contribution in [0, 0.1) is 6.92 Å². The lowest BCUT2D eigenvalue weighted by Gasteiger charge is -2.35. The van der Waals surface area contributed by atoms with Gasteiger partial charge in [-0.15, -0.1) is 0 Å². The zero-order valence-electron chi connectivity index (χ0n) is 15.9. The average molecular weight is 378 g/mol. The van der Waals surface area contributed by atoms with E-state index in [-0.39, 0.29) is 5.91 Å². The second-order valence-electron chi connectivity index (χ2n) is 6.64. The van der Waals surface area contributed by atoms with E-state index >= 15 is 0 Å². The largest absolute Gasteiger partial charge is 0.481 e. The van der Waals surface area contributed by atoms with Crippen molar-refractivity contribution in [2.75, 3.05) is 38.2 Å². The normalized spacial score (nSPS) is 14.2. The fourth-order valence-electron chi connectivity index (χ4n) is 3.29. The maximum absolute atomic E-state index is 13.0. The van der Waals surface area contributed by atoms with E-state index in [4.69, 9.17) is 4.74 Å². The molecule has 1 aromatic carbocycles. The summed E-state index contributed by atoms with van der Waals surface area (Å²) in [5, 5.41) is 4.53. The van der Waals surface area contributed by atoms with Crippen LogP contribution in [0.3, 0.4) is 0 Å². The number of aryl methyl sites for hydroxylation is 1. The Balaban J connectivity index is 1.45. The molecule has 1 aliphatic heterocycles. The first-order chi connectivity index (χ1) is 13.7. The molecule has 0 N–H and O–H groups in total. The zero-order chi connectivity index (χ0) is 19.5. The number of aromatic nitrogens is 4. The number of amides is 1. The van der Waals surface area contributed by atoms with E-state index in [1.165, 1.54) is 6.33 Å². The van der Waals surface area contributed by atoms with Crippen molar-refractivity contribution in [3.05, 3.63) is 60.2 Å². The lowest BCUT2D eigenvalue weighted by molar-refractivity contribution is 0.0739. The first-order valence-corrected chi connectivity index (χ1v) is 9.17. The predicted octanol–water partition coefficient (Wildman–Crippen LogP) is 1.94. The van der Waals surface area contributed by atoms with E-state index in [0.29, 0.717) is 37.8 Å². The van der Waals surface area contributed by atoms with Crippen LogP contribution >= 0.6 is 0 Å². The van der Waals surface area contributed by atoms with Gasteiger partial charge in [-0.2, -0.15) is 5.10 Å². The minimum Gasteiger partial charge on any atom is -0.481 e. The van der Waals surface area contributed by atoms with E-state index in [0.717, 1.165) is 17.1 Å². The molecule has 0 atom stereocenters. The molecular weight excluding hydrogens is 356 g/mol. The Hall–Kier alpha value is -3.42. The van der Waals surface area contributed by atoms with Crippen molar-refractivity contribution in [2.24, 2.45) is 0 Å². The fourth-order valence-corrected chi connectivity index (χ4v) is 3.29. The van der Waals surface area contributed by atoms with Gasteiger partial charge in [0.25, 0.3) is 5.91 Å². The van der Waals surface area contributed by atoms with Crippen LogP contribution < -0.4 is 9.64 Å². The Kier molecular flexibility index (Phi) is 4.92. The summed E-state index contributed by atoms with van der Waals surface area (Å²) in [5.74, 6) is 1.31. The molecular formula is C20H22N6O2. The number of benzene rings is 1. The summed E-state index contributed by atoms with van der Waals surface area (Å²) >= 11 is 0. The third kappa shape index (κ3) is 3.53. The Labute approximate surface area is 163 Å². The second-order valence-corrected chi connectivity index (χ2v) is 6.64. The highest BCUT2D eigenvalue weighted by molar-refractivity contribution is 5.93. The number of nitrogens with zero attached hydrogens (tertiary/aromatic N) is 6. The fraction of sp³-hybridized carbons (Fsp3) is 0.300. The van der Waals surface area contributed by atoms with E-state index < -0.39 is 0 Å². The number of hydrogen-bond acceptors (Lipinski definition) is 6. The molecule has 8 heteroatoms. The predicted molar refractivity (Wildman–Crippen MR) is 105 cm³/mol. The Bertz CT molecular complexity index is 964. The number of carbonyl (C=O) groups excluding carboxylic acids is 1. The number of hydrogen-bond donors (Lipinski definition) is 0. The molecule has 1 aliphatic rings. The van der Waals surface area contributed by atoms with E-state index in [1.54, 1.807) is 11.8 Å². The van der Waals surface area contributed by atoms with Crippen molar-refractivity contribution in [3.8, 4) is 11.6 Å². The Morgan fingerprint density at radius 1 is 1.07 bits per heavy atom. The lowest BCUT2D eigenvalue weighted by Crippen LogP contribution is -2.49. The molecule has 4 rings (SSSR count). The standard InChI is InChI=1S/C20H22N6O2/c1-15-13-26(16-6-4-3-5-7-16)23-19(15)20(27)25-10-8-24(9-11-25)17-12-18(28-2)22-14-21-17/h3-7,12-14H,8-11H2,1-2H3. The molecule has 0 aliphatic carbocycles. The Morgan fingerprint density at radius 2 is 1.82 bits per heavy atom. The van der Waals surface area contributed by atoms with Crippen LogP contribution in [0.2, 0.25) is 0 Å². The van der Waals surface area contributed by atoms with Crippen molar-refractivity contribution in [3.63, 3.8) is 0 Å². The highest BCUT2D eigenvalue weighted by Gasteiger charge is 2.26. The van der Waals surface area contributed by atoms with Crippen LogP contribution in [0.15, 0.2) is 48.9 Å². The maximum atomic E-state index is 13.0. The topological polar surface area (TPSA) is 76.4 Å². The number of piperazine rings is 1. The van der Waals surface area contributed by atoms with Crippen LogP contribution in [-0.2, 0) is 0 Å². The summed E-state index contributed by atoms with van der Waals surface area (Å²) in [6.07, 6.45) is 3.39. The summed E-state index contributed by atoms with van der Waals surface area (Å²) in [6.45, 7) is 4.55. The van der Waals surface area contributed by atoms with Gasteiger partial charge in [0.2, 0.25) is 5.88 Å². The smallest absolute Gasteiger partial charge is 0.274 e. The van der Waals surface area contributed by atoms with Gasteiger partial charge < -0.3 is 14.5 Å². The Morgan fingerprint density at radius 3 is 2.54 bits per heavy atom. The molecule has 28 heavy (non-hydrogen) atoms. The van der Waals surface area contributed by atoms with Gasteiger partial charge in [-0.25, -0.2) is 14.6 Å². The van der Waals surface area contributed by atoms with E-state index in [1.807, 2.05) is 54.4 Å². The SMILES string of the molecule is COc1cc(N2CCN(C(=O)c3nn(-c4ccccc4)cc3C)CC2)ncn1. The first kappa shape index (κ1) is 18.0. The van der Waals surface area contributed by atoms with E-state index in [2.05, 4.69) is 20.0 Å². The van der Waals surface area contributed by atoms with Crippen LogP contribution in [0.5, 0.6) is 5.88 Å². The van der Waals surface area contributed by atoms with Crippen LogP contribution in [0.1, 0.15) is 16.1 Å². The minimum atomic E-state index is -0.0351. The van der Waals surface area contributed by atoms with Crippen LogP contribution in [-0.4, -0.2) is 63.8 Å². The molecule has 0 unspecified atom stereocenters. The van der Waals surface area contributed by atoms with Gasteiger partial charge in [0.15, 0.2) is 5.69 Å². The third-order valence-corrected chi connectivity index (χ3v) is 4.85. The van der Waals surface area contributed by atoms with Gasteiger partial charge in [0.05, 0.1) is 12.8 Å². The molecule has 0 radical (unpaired) electrons. The molecule has 0 spiro atoms. The van der Waals surface area contributed by atoms with Gasteiger partial charge >= 0.3 is 0 Å². The average Bonchev–Trinajstić information content (AvgIpc) is 3.15. The summed E-state index contributed by atoms with van der Waals surface area (Å²) in [7, 11) is 1.58. The summed E-state index contributed by atoms with van der Waals surface area (Å²) in [5.41, 5.74) is 2.31. The highest BCUT2D eigenvalue weighted by atomic mass is 16.5. The molecule has 0 bridgehead atoms. The maximum Gasteiger partial charge on any atom is 0.274 e. The number of methoxy groups -OCH3 is 1. The molecule has 3 aromatic rings. The van der Waals surface area contributed by atoms with Crippen LogP contribution in [0.25, 0.3) is 5.69 Å². The van der Waals surface area contributed by atoms with Gasteiger partial charge in [-0.05, 0) is 19.1 Å². The molecule has 8 nitrogen and oxygen atoms in total. The summed E-state index contributed by atoms with van der Waals surface area (Å²) < 4.78 is 6.92. The molecule has 1 saturated heterocycles. The first-order valence-electron chi connectivity index (χ1n) is 9.17. The molecule has 1 amide bonds. The van der Waals surface area contributed by atoms with Gasteiger partial charge in [0.1, 0.15) is 12.1 Å². The van der Waals surface area contributed by atoms with Crippen LogP contribution in [0.4, 0.5) is 5.82 Å².